The molecule has 0 amide bonds. The van der Waals surface area contributed by atoms with Crippen molar-refractivity contribution in [2.75, 3.05) is 11.9 Å². The molecule has 2 aromatic carbocycles. The molecule has 3 nitrogen and oxygen atoms in total. The lowest BCUT2D eigenvalue weighted by Crippen LogP contribution is -2.18. The van der Waals surface area contributed by atoms with Gasteiger partial charge < -0.3 is 15.7 Å². The van der Waals surface area contributed by atoms with E-state index in [0.717, 1.165) is 21.4 Å². The highest BCUT2D eigenvalue weighted by molar-refractivity contribution is 9.10. The fraction of sp³-hybridized carbons (Fsp3) is 0.0714. The maximum Gasteiger partial charge on any atom is 0.117 e. The van der Waals surface area contributed by atoms with Crippen LogP contribution in [0.25, 0.3) is 0 Å². The highest BCUT2D eigenvalue weighted by Gasteiger charge is 2.14. The van der Waals surface area contributed by atoms with Gasteiger partial charge in [-0.25, -0.2) is 0 Å². The molecular formula is C14H13BrN2OS. The summed E-state index contributed by atoms with van der Waals surface area (Å²) in [6.07, 6.45) is 0. The van der Waals surface area contributed by atoms with Crippen molar-refractivity contribution in [2.45, 2.75) is 0 Å². The first kappa shape index (κ1) is 13.8. The maximum absolute atomic E-state index is 9.56. The number of rotatable bonds is 3. The SMILES string of the molecule is CN(c1cccc(O)c1)c1cccc(Br)c1C(N)=S. The lowest BCUT2D eigenvalue weighted by Gasteiger charge is -2.23. The van der Waals surface area contributed by atoms with E-state index < -0.39 is 0 Å². The molecule has 98 valence electrons. The number of halogens is 1. The second-order valence-corrected chi connectivity index (χ2v) is 5.37. The van der Waals surface area contributed by atoms with Gasteiger partial charge in [-0.15, -0.1) is 0 Å². The predicted molar refractivity (Wildman–Crippen MR) is 86.2 cm³/mol. The van der Waals surface area contributed by atoms with Crippen molar-refractivity contribution in [1.82, 2.24) is 0 Å². The van der Waals surface area contributed by atoms with Crippen molar-refractivity contribution < 1.29 is 5.11 Å². The first-order chi connectivity index (χ1) is 9.00. The van der Waals surface area contributed by atoms with Gasteiger partial charge in [0.15, 0.2) is 0 Å². The summed E-state index contributed by atoms with van der Waals surface area (Å²) in [6.45, 7) is 0. The Morgan fingerprint density at radius 3 is 2.58 bits per heavy atom. The summed E-state index contributed by atoms with van der Waals surface area (Å²) in [5, 5.41) is 9.56. The summed E-state index contributed by atoms with van der Waals surface area (Å²) in [4.78, 5) is 2.26. The number of thiocarbonyl (C=S) groups is 1. The van der Waals surface area contributed by atoms with Crippen LogP contribution in [0.5, 0.6) is 5.75 Å². The Balaban J connectivity index is 2.53. The number of nitrogens with zero attached hydrogens (tertiary/aromatic N) is 1. The van der Waals surface area contributed by atoms with Crippen LogP contribution in [0.1, 0.15) is 5.56 Å². The van der Waals surface area contributed by atoms with Crippen LogP contribution in [0.4, 0.5) is 11.4 Å². The number of phenolic OH excluding ortho intramolecular Hbond substituents is 1. The minimum absolute atomic E-state index is 0.219. The average molecular weight is 337 g/mol. The number of benzene rings is 2. The molecule has 0 fully saturated rings. The van der Waals surface area contributed by atoms with Crippen LogP contribution in [-0.4, -0.2) is 17.1 Å². The molecule has 0 spiro atoms. The van der Waals surface area contributed by atoms with Gasteiger partial charge in [-0.2, -0.15) is 0 Å². The number of phenols is 1. The van der Waals surface area contributed by atoms with E-state index in [-0.39, 0.29) is 5.75 Å². The van der Waals surface area contributed by atoms with Gasteiger partial charge in [0.25, 0.3) is 0 Å². The van der Waals surface area contributed by atoms with Crippen molar-refractivity contribution >= 4 is 44.5 Å². The van der Waals surface area contributed by atoms with E-state index in [4.69, 9.17) is 18.0 Å². The van der Waals surface area contributed by atoms with Crippen LogP contribution in [0.15, 0.2) is 46.9 Å². The van der Waals surface area contributed by atoms with Crippen molar-refractivity contribution in [3.63, 3.8) is 0 Å². The van der Waals surface area contributed by atoms with Crippen molar-refractivity contribution in [2.24, 2.45) is 5.73 Å². The third-order valence-electron chi connectivity index (χ3n) is 2.82. The zero-order valence-corrected chi connectivity index (χ0v) is 12.7. The molecule has 0 atom stereocenters. The van der Waals surface area contributed by atoms with Gasteiger partial charge in [0, 0.05) is 28.8 Å². The van der Waals surface area contributed by atoms with Gasteiger partial charge in [-0.05, 0) is 40.2 Å². The van der Waals surface area contributed by atoms with Crippen molar-refractivity contribution in [1.29, 1.82) is 0 Å². The minimum Gasteiger partial charge on any atom is -0.508 e. The molecule has 2 aromatic rings. The van der Waals surface area contributed by atoms with Crippen molar-refractivity contribution in [3.05, 3.63) is 52.5 Å². The number of hydrogen-bond acceptors (Lipinski definition) is 3. The Labute approximate surface area is 125 Å². The molecule has 0 saturated carbocycles. The van der Waals surface area contributed by atoms with E-state index in [0.29, 0.717) is 4.99 Å². The molecule has 5 heteroatoms. The Kier molecular flexibility index (Phi) is 4.07. The second-order valence-electron chi connectivity index (χ2n) is 4.08. The number of nitrogens with two attached hydrogens (primary N) is 1. The summed E-state index contributed by atoms with van der Waals surface area (Å²) in [7, 11) is 1.90. The van der Waals surface area contributed by atoms with E-state index in [2.05, 4.69) is 15.9 Å². The Morgan fingerprint density at radius 2 is 1.95 bits per heavy atom. The van der Waals surface area contributed by atoms with Gasteiger partial charge in [-0.1, -0.05) is 24.4 Å². The smallest absolute Gasteiger partial charge is 0.117 e. The van der Waals surface area contributed by atoms with Gasteiger partial charge in [-0.3, -0.25) is 0 Å². The fourth-order valence-electron chi connectivity index (χ4n) is 1.88. The predicted octanol–water partition coefficient (Wildman–Crippen LogP) is 3.56. The molecule has 0 aliphatic rings. The third-order valence-corrected chi connectivity index (χ3v) is 3.68. The quantitative estimate of drug-likeness (QED) is 0.841. The fourth-order valence-corrected chi connectivity index (χ4v) is 2.79. The standard InChI is InChI=1S/C14H13BrN2OS/c1-17(9-4-2-5-10(18)8-9)12-7-3-6-11(15)13(12)14(16)19/h2-8,18H,1H3,(H2,16,19). The van der Waals surface area contributed by atoms with Crippen LogP contribution in [0.2, 0.25) is 0 Å². The highest BCUT2D eigenvalue weighted by Crippen LogP contribution is 2.32. The average Bonchev–Trinajstić information content (AvgIpc) is 2.37. The van der Waals surface area contributed by atoms with Gasteiger partial charge in [0.2, 0.25) is 0 Å². The molecular weight excluding hydrogens is 324 g/mol. The molecule has 0 aromatic heterocycles. The molecule has 3 N–H and O–H groups in total. The van der Waals surface area contributed by atoms with E-state index in [1.54, 1.807) is 18.2 Å². The van der Waals surface area contributed by atoms with E-state index >= 15 is 0 Å². The van der Waals surface area contributed by atoms with Crippen LogP contribution in [0.3, 0.4) is 0 Å². The topological polar surface area (TPSA) is 49.5 Å². The summed E-state index contributed by atoms with van der Waals surface area (Å²) < 4.78 is 0.851. The molecule has 0 unspecified atom stereocenters. The maximum atomic E-state index is 9.56. The third kappa shape index (κ3) is 2.88. The van der Waals surface area contributed by atoms with E-state index in [1.807, 2.05) is 36.2 Å². The highest BCUT2D eigenvalue weighted by atomic mass is 79.9. The van der Waals surface area contributed by atoms with Gasteiger partial charge in [0.1, 0.15) is 10.7 Å². The summed E-state index contributed by atoms with van der Waals surface area (Å²) >= 11 is 8.56. The summed E-state index contributed by atoms with van der Waals surface area (Å²) in [6, 6.07) is 12.8. The normalized spacial score (nSPS) is 10.2. The van der Waals surface area contributed by atoms with E-state index in [1.165, 1.54) is 0 Å². The molecule has 0 radical (unpaired) electrons. The summed E-state index contributed by atoms with van der Waals surface area (Å²) in [5.74, 6) is 0.219. The Morgan fingerprint density at radius 1 is 1.26 bits per heavy atom. The number of hydrogen-bond donors (Lipinski definition) is 2. The first-order valence-corrected chi connectivity index (χ1v) is 6.82. The largest absolute Gasteiger partial charge is 0.508 e. The zero-order chi connectivity index (χ0) is 14.0. The van der Waals surface area contributed by atoms with Gasteiger partial charge >= 0.3 is 0 Å². The first-order valence-electron chi connectivity index (χ1n) is 5.62. The lowest BCUT2D eigenvalue weighted by molar-refractivity contribution is 0.475. The van der Waals surface area contributed by atoms with Crippen LogP contribution >= 0.6 is 28.1 Å². The lowest BCUT2D eigenvalue weighted by atomic mass is 10.1. The van der Waals surface area contributed by atoms with E-state index in [9.17, 15) is 5.11 Å². The van der Waals surface area contributed by atoms with Crippen LogP contribution in [0, 0.1) is 0 Å². The van der Waals surface area contributed by atoms with Crippen LogP contribution in [-0.2, 0) is 0 Å². The monoisotopic (exact) mass is 336 g/mol. The molecule has 0 aliphatic heterocycles. The number of anilines is 2. The van der Waals surface area contributed by atoms with Crippen molar-refractivity contribution in [3.8, 4) is 5.75 Å². The Bertz CT molecular complexity index is 631. The Hall–Kier alpha value is -1.59. The minimum atomic E-state index is 0.219. The van der Waals surface area contributed by atoms with Crippen LogP contribution < -0.4 is 10.6 Å². The second kappa shape index (κ2) is 5.59. The zero-order valence-electron chi connectivity index (χ0n) is 10.3. The summed E-state index contributed by atoms with van der Waals surface area (Å²) in [5.41, 5.74) is 8.31. The molecule has 0 aliphatic carbocycles. The molecule has 0 saturated heterocycles. The molecule has 0 heterocycles. The number of aromatic hydroxyl groups is 1. The van der Waals surface area contributed by atoms with Gasteiger partial charge in [0.05, 0.1) is 5.69 Å². The molecule has 2 rings (SSSR count). The molecule has 0 bridgehead atoms. The molecule has 19 heavy (non-hydrogen) atoms.